The highest BCUT2D eigenvalue weighted by atomic mass is 35.5. The van der Waals surface area contributed by atoms with Crippen molar-refractivity contribution in [3.05, 3.63) is 209 Å². The van der Waals surface area contributed by atoms with Gasteiger partial charge in [0.15, 0.2) is 11.3 Å². The number of carbonyl (C=O) groups is 8. The molecule has 2 unspecified atom stereocenters. The second kappa shape index (κ2) is 31.9. The topological polar surface area (TPSA) is 341 Å². The van der Waals surface area contributed by atoms with E-state index in [2.05, 4.69) is 89.9 Å². The lowest BCUT2D eigenvalue weighted by Gasteiger charge is -2.40. The number of piperazine rings is 2. The van der Waals surface area contributed by atoms with Crippen molar-refractivity contribution in [1.29, 1.82) is 0 Å². The number of amides is 8. The molecule has 32 nitrogen and oxygen atoms in total. The van der Waals surface area contributed by atoms with Crippen LogP contribution in [0.15, 0.2) is 156 Å². The van der Waals surface area contributed by atoms with Crippen molar-refractivity contribution in [3.63, 3.8) is 0 Å². The molecule has 0 spiro atoms. The number of nitrogens with one attached hydrogen (secondary N) is 4. The van der Waals surface area contributed by atoms with E-state index in [-0.39, 0.29) is 125 Å². The number of imide groups is 4. The van der Waals surface area contributed by atoms with Crippen molar-refractivity contribution in [2.75, 3.05) is 122 Å². The summed E-state index contributed by atoms with van der Waals surface area (Å²) in [5.74, 6) is -2.42. The molecule has 20 rings (SSSR count). The second-order valence-corrected chi connectivity index (χ2v) is 33.9. The Morgan fingerprint density at radius 1 is 0.423 bits per heavy atom. The number of halogens is 4. The molecule has 36 heteroatoms. The number of piperidine rings is 4. The summed E-state index contributed by atoms with van der Waals surface area (Å²) in [4.78, 5) is 178. The van der Waals surface area contributed by atoms with Gasteiger partial charge < -0.3 is 30.2 Å². The zero-order valence-electron chi connectivity index (χ0n) is 66.1. The smallest absolute Gasteiger partial charge is 0.270 e. The number of carbonyl (C=O) groups excluding carboxylic acids is 8. The van der Waals surface area contributed by atoms with Gasteiger partial charge in [-0.3, -0.25) is 87.0 Å². The van der Waals surface area contributed by atoms with Crippen molar-refractivity contribution in [1.82, 2.24) is 78.1 Å². The van der Waals surface area contributed by atoms with E-state index in [4.69, 9.17) is 61.4 Å². The van der Waals surface area contributed by atoms with Crippen LogP contribution < -0.4 is 52.0 Å². The van der Waals surface area contributed by atoms with E-state index in [1.807, 2.05) is 36.4 Å². The Labute approximate surface area is 720 Å². The first-order valence-corrected chi connectivity index (χ1v) is 42.6. The maximum atomic E-state index is 15.1. The van der Waals surface area contributed by atoms with Gasteiger partial charge in [0.1, 0.15) is 22.9 Å². The van der Waals surface area contributed by atoms with Crippen LogP contribution in [0, 0.1) is 11.8 Å². The van der Waals surface area contributed by atoms with Gasteiger partial charge in [-0.2, -0.15) is 9.97 Å². The Kier molecular flexibility index (Phi) is 20.5. The van der Waals surface area contributed by atoms with Gasteiger partial charge in [-0.1, -0.05) is 52.5 Å². The number of nitrogens with zero attached hydrogens (tertiary/aromatic N) is 18. The fourth-order valence-corrected chi connectivity index (χ4v) is 19.7. The molecule has 2 atom stereocenters. The number of aromatic nitrogens is 10. The quantitative estimate of drug-likeness (QED) is 0.0580. The van der Waals surface area contributed by atoms with E-state index >= 15 is 4.79 Å². The van der Waals surface area contributed by atoms with E-state index in [0.29, 0.717) is 28.7 Å². The molecule has 0 saturated carbocycles. The number of rotatable bonds is 18. The zero-order chi connectivity index (χ0) is 84.3. The molecule has 8 aliphatic rings. The molecule has 6 aromatic carbocycles. The molecule has 8 aliphatic heterocycles. The summed E-state index contributed by atoms with van der Waals surface area (Å²) in [6, 6.07) is 32.9. The number of hydrogen-bond donors (Lipinski definition) is 4. The first kappa shape index (κ1) is 78.8. The molecule has 8 amide bonds. The average Bonchev–Trinajstić information content (AvgIpc) is 1.64. The summed E-state index contributed by atoms with van der Waals surface area (Å²) < 4.78 is 5.91. The Bertz CT molecular complexity index is 6550. The van der Waals surface area contributed by atoms with E-state index < -0.39 is 70.5 Å². The van der Waals surface area contributed by atoms with Crippen molar-refractivity contribution in [2.45, 2.75) is 69.9 Å². The van der Waals surface area contributed by atoms with Crippen LogP contribution in [0.5, 0.6) is 0 Å². The maximum absolute atomic E-state index is 15.1. The fourth-order valence-electron chi connectivity index (χ4n) is 18.5. The molecule has 0 radical (unpaired) electrons. The summed E-state index contributed by atoms with van der Waals surface area (Å²) in [5, 5.41) is 11.9. The van der Waals surface area contributed by atoms with Gasteiger partial charge >= 0.3 is 0 Å². The predicted octanol–water partition coefficient (Wildman–Crippen LogP) is 10.2. The number of benzene rings is 6. The Morgan fingerprint density at radius 3 is 1.40 bits per heavy atom. The summed E-state index contributed by atoms with van der Waals surface area (Å²) in [7, 11) is 0. The van der Waals surface area contributed by atoms with Crippen LogP contribution in [0.1, 0.15) is 99.2 Å². The third-order valence-corrected chi connectivity index (χ3v) is 26.5. The minimum Gasteiger partial charge on any atom is -0.371 e. The monoisotopic (exact) mass is 1730 g/mol. The maximum Gasteiger partial charge on any atom is 0.270 e. The number of hydrogen-bond acceptors (Lipinski definition) is 24. The zero-order valence-corrected chi connectivity index (χ0v) is 69.1. The minimum atomic E-state index is -1.01. The van der Waals surface area contributed by atoms with Gasteiger partial charge in [0.05, 0.1) is 59.4 Å². The van der Waals surface area contributed by atoms with Gasteiger partial charge in [-0.05, 0) is 173 Å². The van der Waals surface area contributed by atoms with Crippen LogP contribution in [0.3, 0.4) is 0 Å². The normalized spacial score (nSPS) is 19.1. The third kappa shape index (κ3) is 14.4. The number of para-hydroxylation sites is 1. The van der Waals surface area contributed by atoms with Crippen LogP contribution in [0.2, 0.25) is 20.1 Å². The molecular weight excluding hydrogens is 1650 g/mol. The molecule has 624 valence electrons. The summed E-state index contributed by atoms with van der Waals surface area (Å²) in [6.07, 6.45) is 13.1. The molecule has 0 aliphatic carbocycles. The number of imidazole rings is 2. The predicted molar refractivity (Wildman–Crippen MR) is 464 cm³/mol. The Morgan fingerprint density at radius 2 is 0.878 bits per heavy atom. The van der Waals surface area contributed by atoms with E-state index in [1.165, 1.54) is 21.5 Å². The van der Waals surface area contributed by atoms with Crippen molar-refractivity contribution in [3.8, 4) is 22.6 Å². The first-order valence-electron chi connectivity index (χ1n) is 41.1. The van der Waals surface area contributed by atoms with Crippen molar-refractivity contribution >= 4 is 173 Å². The van der Waals surface area contributed by atoms with Crippen LogP contribution >= 0.6 is 46.4 Å². The van der Waals surface area contributed by atoms with Gasteiger partial charge in [-0.25, -0.2) is 29.1 Å². The van der Waals surface area contributed by atoms with Crippen LogP contribution in [-0.4, -0.2) is 218 Å². The molecule has 0 bridgehead atoms. The minimum absolute atomic E-state index is 0.0255. The second-order valence-electron chi connectivity index (χ2n) is 32.3. The van der Waals surface area contributed by atoms with Gasteiger partial charge in [-0.15, -0.1) is 0 Å². The average molecular weight is 1730 g/mol. The largest absolute Gasteiger partial charge is 0.371 e. The van der Waals surface area contributed by atoms with E-state index in [9.17, 15) is 43.2 Å². The van der Waals surface area contributed by atoms with Crippen LogP contribution in [0.4, 0.5) is 46.0 Å². The summed E-state index contributed by atoms with van der Waals surface area (Å²) in [6.45, 7) is 12.2. The molecule has 4 N–H and O–H groups in total. The molecular formula is C87H78Cl4N22O10. The summed E-state index contributed by atoms with van der Waals surface area (Å²) >= 11 is 28.4. The lowest BCUT2D eigenvalue weighted by Crippen LogP contribution is -2.54. The molecule has 123 heavy (non-hydrogen) atoms. The fraction of sp³-hybridized carbons (Fsp3) is 0.310. The first-order chi connectivity index (χ1) is 59.7. The van der Waals surface area contributed by atoms with Crippen LogP contribution in [-0.2, 0) is 19.2 Å². The van der Waals surface area contributed by atoms with Crippen molar-refractivity contribution in [2.24, 2.45) is 11.8 Å². The van der Waals surface area contributed by atoms with Gasteiger partial charge in [0, 0.05) is 169 Å². The van der Waals surface area contributed by atoms with E-state index in [0.717, 1.165) is 162 Å². The van der Waals surface area contributed by atoms with Gasteiger partial charge in [0.25, 0.3) is 34.7 Å². The molecule has 6 fully saturated rings. The third-order valence-electron chi connectivity index (χ3n) is 25.2. The Balaban J connectivity index is 0.474. The van der Waals surface area contributed by atoms with Gasteiger partial charge in [0.2, 0.25) is 47.1 Å². The lowest BCUT2D eigenvalue weighted by molar-refractivity contribution is -0.137. The molecule has 6 aromatic heterocycles. The van der Waals surface area contributed by atoms with E-state index in [1.54, 1.807) is 82.0 Å². The highest BCUT2D eigenvalue weighted by Crippen LogP contribution is 2.41. The highest BCUT2D eigenvalue weighted by molar-refractivity contribution is 6.40. The highest BCUT2D eigenvalue weighted by Gasteiger charge is 2.47. The Hall–Kier alpha value is -12.7. The number of anilines is 8. The molecule has 6 saturated heterocycles. The lowest BCUT2D eigenvalue weighted by atomic mass is 9.92. The SMILES string of the molecule is O=C1CCC(N2C(=O)c3ccc(N4CCC(CCN5CCN(c6ccc(Nc7ncc8c(=O)n(-c9c(Cl)ccc(-c%10cn%11c%12nc(Nc%13ccc(N%14CCN(CC%15CCN(c%16ccc%17c(c%16)C(=O)N(C%16CCC(=O)NC%16=O)C%17=O)CC%15)CC%14)cc%13)ncc%12c(=O)n(-c%12c(Cl)cccc%12Cl)c%11n%10)c9Cl)c9nccn9c8n7)cc6)CC5)CC4)cc3C2=O)C(=O)N1. The standard InChI is InChI=1S/C87H78Cl4N22O10/c88-63-2-1-3-64(89)72(63)112-82(122)62-45-94-85(96-51-6-10-53(11-7-51)107-40-36-103(37-41-107)46-49-25-31-105(32-26-49)55-13-15-57-60(43-55)81(121)111(79(57)119)68-19-21-70(115)99-77(68)117)101-75(62)109-47-66(97-87(109)112)58-16-17-65(90)73(71(58)91)113-83(123)61-44-93-84(100-74(61)108-33-27-92-86(108)113)95-50-4-8-52(9-5-50)106-38-34-102(35-39-106)28-22-48-23-29-104(30-24-48)54-12-14-56-59(42-54)80(120)110(78(56)118)67-18-20-69(114)98-76(67)116/h1-17,27,33,42-45,47-49,67-68H,18-26,28-32,34-41,46H2,(H,93,95,100)(H,94,96,101)(H,98,114,116)(H,99,115,117). The summed E-state index contributed by atoms with van der Waals surface area (Å²) in [5.41, 5.74) is 6.62. The van der Waals surface area contributed by atoms with Crippen LogP contribution in [0.25, 0.3) is 56.3 Å². The molecule has 14 heterocycles. The number of fused-ring (bicyclic) bond motifs is 8. The van der Waals surface area contributed by atoms with Crippen molar-refractivity contribution < 1.29 is 38.4 Å². The molecule has 12 aromatic rings.